The Balaban J connectivity index is 1.35. The van der Waals surface area contributed by atoms with Crippen LogP contribution in [0.1, 0.15) is 26.8 Å². The second-order valence-electron chi connectivity index (χ2n) is 8.57. The van der Waals surface area contributed by atoms with Crippen LogP contribution < -0.4 is 5.56 Å². The van der Waals surface area contributed by atoms with Gasteiger partial charge in [0.15, 0.2) is 5.69 Å². The number of carbonyl (C=O) groups excluding carboxylic acids is 2. The SMILES string of the molecule is Cc1csc(CC(=O)N2CCN(C(=O)c3nn(Cc4ccccc4)c(=O)c4ccccc34)CC2)n1. The molecule has 1 aliphatic heterocycles. The molecular formula is C26H25N5O3S. The maximum atomic E-state index is 13.5. The fraction of sp³-hybridized carbons (Fsp3) is 0.269. The molecule has 35 heavy (non-hydrogen) atoms. The number of carbonyl (C=O) groups is 2. The molecular weight excluding hydrogens is 462 g/mol. The van der Waals surface area contributed by atoms with Gasteiger partial charge in [0.2, 0.25) is 5.91 Å². The maximum Gasteiger partial charge on any atom is 0.275 e. The first-order valence-electron chi connectivity index (χ1n) is 11.5. The largest absolute Gasteiger partial charge is 0.339 e. The third kappa shape index (κ3) is 4.85. The van der Waals surface area contributed by atoms with Crippen LogP contribution in [-0.4, -0.2) is 62.6 Å². The molecule has 0 N–H and O–H groups in total. The number of hydrogen-bond acceptors (Lipinski definition) is 6. The topological polar surface area (TPSA) is 88.4 Å². The van der Waals surface area contributed by atoms with Crippen LogP contribution in [0.5, 0.6) is 0 Å². The first kappa shape index (κ1) is 22.9. The van der Waals surface area contributed by atoms with E-state index >= 15 is 0 Å². The van der Waals surface area contributed by atoms with Gasteiger partial charge in [-0.3, -0.25) is 14.4 Å². The minimum absolute atomic E-state index is 0.0198. The van der Waals surface area contributed by atoms with E-state index in [9.17, 15) is 14.4 Å². The zero-order chi connectivity index (χ0) is 24.4. The molecule has 2 aromatic heterocycles. The molecule has 2 aromatic carbocycles. The Labute approximate surface area is 206 Å². The van der Waals surface area contributed by atoms with Gasteiger partial charge >= 0.3 is 0 Å². The highest BCUT2D eigenvalue weighted by Gasteiger charge is 2.28. The molecule has 8 nitrogen and oxygen atoms in total. The Hall–Kier alpha value is -3.85. The average Bonchev–Trinajstić information content (AvgIpc) is 3.30. The number of hydrogen-bond donors (Lipinski definition) is 0. The number of piperazine rings is 1. The summed E-state index contributed by atoms with van der Waals surface area (Å²) in [6.07, 6.45) is 0.281. The summed E-state index contributed by atoms with van der Waals surface area (Å²) in [4.78, 5) is 47.2. The number of amides is 2. The van der Waals surface area contributed by atoms with Gasteiger partial charge in [-0.2, -0.15) is 5.10 Å². The lowest BCUT2D eigenvalue weighted by atomic mass is 10.1. The highest BCUT2D eigenvalue weighted by atomic mass is 32.1. The van der Waals surface area contributed by atoms with Gasteiger partial charge in [0.25, 0.3) is 11.5 Å². The van der Waals surface area contributed by atoms with Crippen LogP contribution in [0.15, 0.2) is 64.8 Å². The second kappa shape index (κ2) is 9.79. The van der Waals surface area contributed by atoms with Gasteiger partial charge in [-0.15, -0.1) is 11.3 Å². The standard InChI is InChI=1S/C26H25N5O3S/c1-18-17-35-22(27-18)15-23(32)29-11-13-30(14-12-29)26(34)24-20-9-5-6-10-21(20)25(33)31(28-24)16-19-7-3-2-4-8-19/h2-10,17H,11-16H2,1H3. The van der Waals surface area contributed by atoms with Crippen LogP contribution in [-0.2, 0) is 17.8 Å². The smallest absolute Gasteiger partial charge is 0.275 e. The van der Waals surface area contributed by atoms with E-state index in [1.165, 1.54) is 16.0 Å². The van der Waals surface area contributed by atoms with Crippen molar-refractivity contribution in [3.63, 3.8) is 0 Å². The minimum atomic E-state index is -0.231. The van der Waals surface area contributed by atoms with Gasteiger partial charge in [-0.1, -0.05) is 48.5 Å². The fourth-order valence-corrected chi connectivity index (χ4v) is 5.05. The Morgan fingerprint density at radius 3 is 2.26 bits per heavy atom. The van der Waals surface area contributed by atoms with Crippen molar-refractivity contribution in [3.8, 4) is 0 Å². The van der Waals surface area contributed by atoms with E-state index < -0.39 is 0 Å². The van der Waals surface area contributed by atoms with Crippen molar-refractivity contribution in [1.29, 1.82) is 0 Å². The van der Waals surface area contributed by atoms with Gasteiger partial charge < -0.3 is 9.80 Å². The lowest BCUT2D eigenvalue weighted by Gasteiger charge is -2.34. The lowest BCUT2D eigenvalue weighted by Crippen LogP contribution is -2.51. The molecule has 0 aliphatic carbocycles. The number of thiazole rings is 1. The zero-order valence-electron chi connectivity index (χ0n) is 19.4. The molecule has 2 amide bonds. The molecule has 5 rings (SSSR count). The second-order valence-corrected chi connectivity index (χ2v) is 9.52. The Morgan fingerprint density at radius 1 is 0.914 bits per heavy atom. The van der Waals surface area contributed by atoms with Crippen molar-refractivity contribution >= 4 is 33.9 Å². The number of nitrogens with zero attached hydrogens (tertiary/aromatic N) is 5. The summed E-state index contributed by atoms with van der Waals surface area (Å²) in [5.74, 6) is -0.211. The van der Waals surface area contributed by atoms with E-state index in [1.807, 2.05) is 42.6 Å². The Kier molecular flexibility index (Phi) is 6.41. The molecule has 0 unspecified atom stereocenters. The van der Waals surface area contributed by atoms with Crippen molar-refractivity contribution in [3.05, 3.63) is 92.3 Å². The van der Waals surface area contributed by atoms with Gasteiger partial charge in [0, 0.05) is 42.6 Å². The fourth-order valence-electron chi connectivity index (χ4n) is 4.29. The Bertz CT molecular complexity index is 1440. The Morgan fingerprint density at radius 2 is 1.57 bits per heavy atom. The molecule has 0 saturated carbocycles. The van der Waals surface area contributed by atoms with Crippen LogP contribution in [0.3, 0.4) is 0 Å². The lowest BCUT2D eigenvalue weighted by molar-refractivity contribution is -0.131. The van der Waals surface area contributed by atoms with E-state index in [0.29, 0.717) is 37.0 Å². The first-order chi connectivity index (χ1) is 17.0. The summed E-state index contributed by atoms with van der Waals surface area (Å²) >= 11 is 1.49. The normalized spacial score (nSPS) is 13.9. The number of fused-ring (bicyclic) bond motifs is 1. The third-order valence-corrected chi connectivity index (χ3v) is 7.10. The van der Waals surface area contributed by atoms with E-state index in [2.05, 4.69) is 10.1 Å². The molecule has 3 heterocycles. The van der Waals surface area contributed by atoms with E-state index in [0.717, 1.165) is 16.3 Å². The molecule has 4 aromatic rings. The summed E-state index contributed by atoms with van der Waals surface area (Å²) in [5.41, 5.74) is 1.88. The monoisotopic (exact) mass is 487 g/mol. The summed E-state index contributed by atoms with van der Waals surface area (Å²) in [6.45, 7) is 3.93. The molecule has 0 bridgehead atoms. The molecule has 0 radical (unpaired) electrons. The van der Waals surface area contributed by atoms with Crippen LogP contribution in [0.2, 0.25) is 0 Å². The summed E-state index contributed by atoms with van der Waals surface area (Å²) in [7, 11) is 0. The highest BCUT2D eigenvalue weighted by Crippen LogP contribution is 2.18. The molecule has 1 saturated heterocycles. The first-order valence-corrected chi connectivity index (χ1v) is 12.4. The van der Waals surface area contributed by atoms with Crippen LogP contribution >= 0.6 is 11.3 Å². The van der Waals surface area contributed by atoms with Crippen molar-refractivity contribution in [2.45, 2.75) is 19.9 Å². The maximum absolute atomic E-state index is 13.5. The molecule has 0 spiro atoms. The van der Waals surface area contributed by atoms with Gasteiger partial charge in [-0.05, 0) is 18.6 Å². The summed E-state index contributed by atoms with van der Waals surface area (Å²) in [6, 6.07) is 16.7. The van der Waals surface area contributed by atoms with Crippen molar-refractivity contribution < 1.29 is 9.59 Å². The quantitative estimate of drug-likeness (QED) is 0.432. The number of aryl methyl sites for hydroxylation is 1. The highest BCUT2D eigenvalue weighted by molar-refractivity contribution is 7.09. The number of benzene rings is 2. The summed E-state index contributed by atoms with van der Waals surface area (Å²) < 4.78 is 1.36. The number of aromatic nitrogens is 3. The minimum Gasteiger partial charge on any atom is -0.339 e. The van der Waals surface area contributed by atoms with Crippen LogP contribution in [0.25, 0.3) is 10.8 Å². The van der Waals surface area contributed by atoms with Gasteiger partial charge in [0.05, 0.1) is 18.4 Å². The molecule has 1 fully saturated rings. The predicted molar refractivity (Wildman–Crippen MR) is 135 cm³/mol. The van der Waals surface area contributed by atoms with Crippen LogP contribution in [0.4, 0.5) is 0 Å². The molecule has 178 valence electrons. The van der Waals surface area contributed by atoms with Gasteiger partial charge in [-0.25, -0.2) is 9.67 Å². The van der Waals surface area contributed by atoms with Gasteiger partial charge in [0.1, 0.15) is 5.01 Å². The third-order valence-electron chi connectivity index (χ3n) is 6.13. The molecule has 1 aliphatic rings. The zero-order valence-corrected chi connectivity index (χ0v) is 20.2. The average molecular weight is 488 g/mol. The molecule has 9 heteroatoms. The number of rotatable bonds is 5. The van der Waals surface area contributed by atoms with Crippen molar-refractivity contribution in [2.24, 2.45) is 0 Å². The van der Waals surface area contributed by atoms with Crippen LogP contribution in [0, 0.1) is 6.92 Å². The van der Waals surface area contributed by atoms with E-state index in [-0.39, 0.29) is 36.0 Å². The predicted octanol–water partition coefficient (Wildman–Crippen LogP) is 2.74. The summed E-state index contributed by atoms with van der Waals surface area (Å²) in [5, 5.41) is 8.27. The van der Waals surface area contributed by atoms with E-state index in [1.54, 1.807) is 34.1 Å². The van der Waals surface area contributed by atoms with Crippen molar-refractivity contribution in [1.82, 2.24) is 24.6 Å². The molecule has 0 atom stereocenters. The van der Waals surface area contributed by atoms with Crippen molar-refractivity contribution in [2.75, 3.05) is 26.2 Å². The van der Waals surface area contributed by atoms with E-state index in [4.69, 9.17) is 0 Å².